The topological polar surface area (TPSA) is 55.1 Å². The molecule has 1 rings (SSSR count). The first-order chi connectivity index (χ1) is 7.77. The van der Waals surface area contributed by atoms with Gasteiger partial charge in [0.1, 0.15) is 0 Å². The number of hydrogen-bond acceptors (Lipinski definition) is 3. The Morgan fingerprint density at radius 3 is 2.62 bits per heavy atom. The number of carbonyl (C=O) groups is 1. The van der Waals surface area contributed by atoms with Crippen molar-refractivity contribution in [2.75, 3.05) is 20.1 Å². The first kappa shape index (κ1) is 12.4. The minimum absolute atomic E-state index is 0.0466. The molecule has 16 heavy (non-hydrogen) atoms. The van der Waals surface area contributed by atoms with E-state index in [0.717, 1.165) is 18.5 Å². The maximum atomic E-state index is 11.3. The Kier molecular flexibility index (Phi) is 5.27. The van der Waals surface area contributed by atoms with Gasteiger partial charge in [0.05, 0.1) is 6.54 Å². The van der Waals surface area contributed by atoms with Crippen LogP contribution in [0.15, 0.2) is 24.3 Å². The third-order valence-electron chi connectivity index (χ3n) is 2.12. The van der Waals surface area contributed by atoms with Crippen LogP contribution in [0, 0.1) is 11.8 Å². The normalized spacial score (nSPS) is 9.38. The summed E-state index contributed by atoms with van der Waals surface area (Å²) in [6.07, 6.45) is 0.819. The fourth-order valence-corrected chi connectivity index (χ4v) is 1.21. The Morgan fingerprint density at radius 2 is 2.06 bits per heavy atom. The largest absolute Gasteiger partial charge is 0.324 e. The molecule has 3 heteroatoms. The molecule has 1 aromatic rings. The zero-order valence-electron chi connectivity index (χ0n) is 9.42. The van der Waals surface area contributed by atoms with Gasteiger partial charge >= 0.3 is 0 Å². The van der Waals surface area contributed by atoms with Crippen LogP contribution in [0.1, 0.15) is 22.3 Å². The van der Waals surface area contributed by atoms with Gasteiger partial charge in [-0.3, -0.25) is 4.79 Å². The van der Waals surface area contributed by atoms with Crippen LogP contribution in [0.2, 0.25) is 0 Å². The molecule has 0 aromatic heterocycles. The lowest BCUT2D eigenvalue weighted by Crippen LogP contribution is -2.13. The Morgan fingerprint density at radius 1 is 1.38 bits per heavy atom. The van der Waals surface area contributed by atoms with E-state index in [1.807, 2.05) is 19.2 Å². The number of nitrogens with one attached hydrogen (secondary N) is 1. The summed E-state index contributed by atoms with van der Waals surface area (Å²) >= 11 is 0. The van der Waals surface area contributed by atoms with Crippen molar-refractivity contribution in [3.8, 4) is 11.8 Å². The molecule has 0 aliphatic rings. The molecule has 0 bridgehead atoms. The van der Waals surface area contributed by atoms with Gasteiger partial charge in [0, 0.05) is 24.1 Å². The van der Waals surface area contributed by atoms with Crippen molar-refractivity contribution in [2.24, 2.45) is 5.73 Å². The average molecular weight is 216 g/mol. The minimum Gasteiger partial charge on any atom is -0.324 e. The number of hydrogen-bond donors (Lipinski definition) is 2. The lowest BCUT2D eigenvalue weighted by Gasteiger charge is -1.97. The molecule has 0 spiro atoms. The number of Topliss-reactive ketones (excluding diaryl/α,β-unsaturated/α-hetero) is 1. The Labute approximate surface area is 96.0 Å². The molecule has 0 amide bonds. The van der Waals surface area contributed by atoms with E-state index in [1.165, 1.54) is 0 Å². The molecular weight excluding hydrogens is 200 g/mol. The fourth-order valence-electron chi connectivity index (χ4n) is 1.21. The highest BCUT2D eigenvalue weighted by Crippen LogP contribution is 2.03. The second-order valence-electron chi connectivity index (χ2n) is 3.36. The van der Waals surface area contributed by atoms with Crippen LogP contribution in [-0.2, 0) is 0 Å². The minimum atomic E-state index is -0.0466. The third-order valence-corrected chi connectivity index (χ3v) is 2.12. The van der Waals surface area contributed by atoms with Crippen LogP contribution >= 0.6 is 0 Å². The van der Waals surface area contributed by atoms with E-state index >= 15 is 0 Å². The number of carbonyl (C=O) groups excluding carboxylic acids is 1. The molecule has 3 nitrogen and oxygen atoms in total. The second kappa shape index (κ2) is 6.78. The van der Waals surface area contributed by atoms with Crippen molar-refractivity contribution in [3.05, 3.63) is 35.4 Å². The molecule has 84 valence electrons. The monoisotopic (exact) mass is 216 g/mol. The van der Waals surface area contributed by atoms with Gasteiger partial charge in [0.2, 0.25) is 0 Å². The van der Waals surface area contributed by atoms with Crippen molar-refractivity contribution >= 4 is 5.78 Å². The maximum Gasteiger partial charge on any atom is 0.176 e. The van der Waals surface area contributed by atoms with Gasteiger partial charge in [-0.05, 0) is 19.2 Å². The van der Waals surface area contributed by atoms with Crippen LogP contribution in [0.5, 0.6) is 0 Å². The molecule has 1 aromatic carbocycles. The maximum absolute atomic E-state index is 11.3. The summed E-state index contributed by atoms with van der Waals surface area (Å²) in [7, 11) is 1.90. The van der Waals surface area contributed by atoms with Crippen molar-refractivity contribution in [1.82, 2.24) is 5.32 Å². The highest BCUT2D eigenvalue weighted by Gasteiger charge is 2.01. The van der Waals surface area contributed by atoms with Gasteiger partial charge in [-0.15, -0.1) is 0 Å². The number of benzene rings is 1. The van der Waals surface area contributed by atoms with E-state index in [4.69, 9.17) is 5.73 Å². The van der Waals surface area contributed by atoms with Gasteiger partial charge in [-0.25, -0.2) is 0 Å². The molecule has 0 aliphatic heterocycles. The lowest BCUT2D eigenvalue weighted by atomic mass is 10.1. The molecule has 0 radical (unpaired) electrons. The summed E-state index contributed by atoms with van der Waals surface area (Å²) in [4.78, 5) is 11.3. The molecule has 0 aliphatic carbocycles. The molecule has 0 atom stereocenters. The standard InChI is InChI=1S/C13H16N2O/c1-15-9-3-2-4-11-5-7-12(8-6-11)13(16)10-14/h5-8,15H,3,9-10,14H2,1H3. The molecule has 0 heterocycles. The summed E-state index contributed by atoms with van der Waals surface area (Å²) in [5, 5.41) is 3.02. The second-order valence-corrected chi connectivity index (χ2v) is 3.36. The first-order valence-corrected chi connectivity index (χ1v) is 5.24. The zero-order chi connectivity index (χ0) is 11.8. The predicted octanol–water partition coefficient (Wildman–Crippen LogP) is 0.789. The average Bonchev–Trinajstić information content (AvgIpc) is 2.34. The van der Waals surface area contributed by atoms with Crippen LogP contribution in [-0.4, -0.2) is 25.9 Å². The summed E-state index contributed by atoms with van der Waals surface area (Å²) in [5.74, 6) is 6.03. The number of nitrogens with two attached hydrogens (primary N) is 1. The summed E-state index contributed by atoms with van der Waals surface area (Å²) in [5.41, 5.74) is 6.83. The van der Waals surface area contributed by atoms with E-state index in [2.05, 4.69) is 17.2 Å². The molecule has 0 unspecified atom stereocenters. The van der Waals surface area contributed by atoms with E-state index in [-0.39, 0.29) is 12.3 Å². The van der Waals surface area contributed by atoms with Crippen molar-refractivity contribution in [3.63, 3.8) is 0 Å². The zero-order valence-corrected chi connectivity index (χ0v) is 9.42. The predicted molar refractivity (Wildman–Crippen MR) is 65.2 cm³/mol. The summed E-state index contributed by atoms with van der Waals surface area (Å²) in [6.45, 7) is 0.934. The smallest absolute Gasteiger partial charge is 0.176 e. The molecule has 3 N–H and O–H groups in total. The van der Waals surface area contributed by atoms with Gasteiger partial charge in [-0.1, -0.05) is 24.0 Å². The van der Waals surface area contributed by atoms with E-state index < -0.39 is 0 Å². The van der Waals surface area contributed by atoms with Gasteiger partial charge in [0.15, 0.2) is 5.78 Å². The summed E-state index contributed by atoms with van der Waals surface area (Å²) < 4.78 is 0. The highest BCUT2D eigenvalue weighted by molar-refractivity contribution is 5.97. The molecule has 0 saturated heterocycles. The number of rotatable bonds is 4. The Hall–Kier alpha value is -1.63. The van der Waals surface area contributed by atoms with Gasteiger partial charge < -0.3 is 11.1 Å². The van der Waals surface area contributed by atoms with Crippen LogP contribution in [0.4, 0.5) is 0 Å². The van der Waals surface area contributed by atoms with Gasteiger partial charge in [0.25, 0.3) is 0 Å². The van der Waals surface area contributed by atoms with Crippen LogP contribution in [0.3, 0.4) is 0 Å². The Balaban J connectivity index is 2.63. The quantitative estimate of drug-likeness (QED) is 0.444. The molecule has 0 fully saturated rings. The van der Waals surface area contributed by atoms with Gasteiger partial charge in [-0.2, -0.15) is 0 Å². The first-order valence-electron chi connectivity index (χ1n) is 5.24. The van der Waals surface area contributed by atoms with Crippen LogP contribution < -0.4 is 11.1 Å². The van der Waals surface area contributed by atoms with E-state index in [0.29, 0.717) is 5.56 Å². The van der Waals surface area contributed by atoms with Crippen molar-refractivity contribution in [2.45, 2.75) is 6.42 Å². The van der Waals surface area contributed by atoms with Crippen LogP contribution in [0.25, 0.3) is 0 Å². The molecule has 0 saturated carbocycles. The highest BCUT2D eigenvalue weighted by atomic mass is 16.1. The van der Waals surface area contributed by atoms with E-state index in [1.54, 1.807) is 12.1 Å². The lowest BCUT2D eigenvalue weighted by molar-refractivity contribution is 0.100. The molecular formula is C13H16N2O. The Bertz CT molecular complexity index is 398. The van der Waals surface area contributed by atoms with E-state index in [9.17, 15) is 4.79 Å². The third kappa shape index (κ3) is 3.85. The number of ketones is 1. The fraction of sp³-hybridized carbons (Fsp3) is 0.308. The van der Waals surface area contributed by atoms with Crippen molar-refractivity contribution in [1.29, 1.82) is 0 Å². The summed E-state index contributed by atoms with van der Waals surface area (Å²) in [6, 6.07) is 7.21. The SMILES string of the molecule is CNCCC#Cc1ccc(C(=O)CN)cc1. The van der Waals surface area contributed by atoms with Crippen molar-refractivity contribution < 1.29 is 4.79 Å².